The predicted molar refractivity (Wildman–Crippen MR) is 79.3 cm³/mol. The van der Waals surface area contributed by atoms with E-state index in [1.807, 2.05) is 30.3 Å². The number of rotatable bonds is 6. The maximum Gasteiger partial charge on any atom is 0.124 e. The van der Waals surface area contributed by atoms with Crippen molar-refractivity contribution in [2.24, 2.45) is 5.73 Å². The molecule has 2 nitrogen and oxygen atoms in total. The number of benzene rings is 2. The number of hydrogen-bond donors (Lipinski definition) is 1. The van der Waals surface area contributed by atoms with E-state index in [2.05, 4.69) is 31.2 Å². The van der Waals surface area contributed by atoms with Crippen molar-refractivity contribution >= 4 is 0 Å². The summed E-state index contributed by atoms with van der Waals surface area (Å²) >= 11 is 0. The Labute approximate surface area is 115 Å². The van der Waals surface area contributed by atoms with Gasteiger partial charge in [-0.25, -0.2) is 0 Å². The molecule has 2 N–H and O–H groups in total. The van der Waals surface area contributed by atoms with E-state index in [0.717, 1.165) is 18.6 Å². The van der Waals surface area contributed by atoms with Gasteiger partial charge in [0.2, 0.25) is 0 Å². The minimum Gasteiger partial charge on any atom is -0.486 e. The Balaban J connectivity index is 2.14. The summed E-state index contributed by atoms with van der Waals surface area (Å²) in [4.78, 5) is 0. The molecule has 0 heterocycles. The fraction of sp³-hybridized carbons (Fsp3) is 0.294. The van der Waals surface area contributed by atoms with E-state index in [1.54, 1.807) is 0 Å². The minimum absolute atomic E-state index is 0.0755. The first-order valence-electron chi connectivity index (χ1n) is 6.78. The Bertz CT molecular complexity index is 496. The third-order valence-corrected chi connectivity index (χ3v) is 3.11. The smallest absolute Gasteiger partial charge is 0.124 e. The van der Waals surface area contributed by atoms with Crippen LogP contribution in [0.15, 0.2) is 54.6 Å². The fourth-order valence-electron chi connectivity index (χ4n) is 2.12. The molecule has 0 saturated carbocycles. The molecule has 1 atom stereocenters. The van der Waals surface area contributed by atoms with Gasteiger partial charge >= 0.3 is 0 Å². The Morgan fingerprint density at radius 1 is 1.05 bits per heavy atom. The molecular formula is C17H21NO. The summed E-state index contributed by atoms with van der Waals surface area (Å²) in [5.41, 5.74) is 8.03. The van der Waals surface area contributed by atoms with Crippen LogP contribution in [0.2, 0.25) is 0 Å². The lowest BCUT2D eigenvalue weighted by molar-refractivity contribution is 0.192. The van der Waals surface area contributed by atoms with Crippen LogP contribution in [0.5, 0.6) is 5.75 Å². The second-order valence-corrected chi connectivity index (χ2v) is 4.76. The average molecular weight is 255 g/mol. The van der Waals surface area contributed by atoms with E-state index in [0.29, 0.717) is 6.54 Å². The molecule has 0 aliphatic rings. The van der Waals surface area contributed by atoms with Crippen molar-refractivity contribution in [1.29, 1.82) is 0 Å². The van der Waals surface area contributed by atoms with Gasteiger partial charge in [0.05, 0.1) is 0 Å². The van der Waals surface area contributed by atoms with Crippen molar-refractivity contribution in [2.75, 3.05) is 6.54 Å². The molecule has 0 aliphatic heterocycles. The lowest BCUT2D eigenvalue weighted by Gasteiger charge is -2.19. The molecule has 2 aromatic rings. The van der Waals surface area contributed by atoms with Crippen molar-refractivity contribution in [2.45, 2.75) is 25.9 Å². The van der Waals surface area contributed by atoms with Gasteiger partial charge in [-0.3, -0.25) is 0 Å². The van der Waals surface area contributed by atoms with Gasteiger partial charge in [0.1, 0.15) is 11.9 Å². The average Bonchev–Trinajstić information content (AvgIpc) is 2.44. The highest BCUT2D eigenvalue weighted by Crippen LogP contribution is 2.26. The third kappa shape index (κ3) is 4.11. The van der Waals surface area contributed by atoms with E-state index in [1.165, 1.54) is 11.1 Å². The topological polar surface area (TPSA) is 35.2 Å². The van der Waals surface area contributed by atoms with Gasteiger partial charge in [0.25, 0.3) is 0 Å². The summed E-state index contributed by atoms with van der Waals surface area (Å²) < 4.78 is 6.13. The highest BCUT2D eigenvalue weighted by molar-refractivity contribution is 5.29. The molecule has 1 unspecified atom stereocenters. The number of hydrogen-bond acceptors (Lipinski definition) is 2. The zero-order chi connectivity index (χ0) is 13.5. The molecule has 0 amide bonds. The van der Waals surface area contributed by atoms with Gasteiger partial charge in [-0.15, -0.1) is 0 Å². The highest BCUT2D eigenvalue weighted by atomic mass is 16.5. The maximum absolute atomic E-state index is 6.13. The standard InChI is InChI=1S/C17H21NO/c1-14-7-5-10-16(13-14)19-17(11-6-12-18)15-8-3-2-4-9-15/h2-5,7-10,13,17H,6,11-12,18H2,1H3. The van der Waals surface area contributed by atoms with Gasteiger partial charge in [-0.2, -0.15) is 0 Å². The number of nitrogens with two attached hydrogens (primary N) is 1. The summed E-state index contributed by atoms with van der Waals surface area (Å²) in [6.07, 6.45) is 1.98. The first-order chi connectivity index (χ1) is 9.29. The molecule has 19 heavy (non-hydrogen) atoms. The molecule has 0 saturated heterocycles. The van der Waals surface area contributed by atoms with Crippen molar-refractivity contribution in [3.63, 3.8) is 0 Å². The quantitative estimate of drug-likeness (QED) is 0.850. The van der Waals surface area contributed by atoms with Crippen LogP contribution < -0.4 is 10.5 Å². The van der Waals surface area contributed by atoms with Crippen molar-refractivity contribution in [1.82, 2.24) is 0 Å². The van der Waals surface area contributed by atoms with Gasteiger partial charge < -0.3 is 10.5 Å². The van der Waals surface area contributed by atoms with Crippen LogP contribution in [0.3, 0.4) is 0 Å². The molecule has 0 fully saturated rings. The zero-order valence-electron chi connectivity index (χ0n) is 11.4. The van der Waals surface area contributed by atoms with Crippen LogP contribution >= 0.6 is 0 Å². The van der Waals surface area contributed by atoms with Crippen LogP contribution in [-0.2, 0) is 0 Å². The highest BCUT2D eigenvalue weighted by Gasteiger charge is 2.12. The predicted octanol–water partition coefficient (Wildman–Crippen LogP) is 3.85. The summed E-state index contributed by atoms with van der Waals surface area (Å²) in [5, 5.41) is 0. The van der Waals surface area contributed by atoms with Crippen molar-refractivity contribution in [3.8, 4) is 5.75 Å². The van der Waals surface area contributed by atoms with Gasteiger partial charge in [0.15, 0.2) is 0 Å². The largest absolute Gasteiger partial charge is 0.486 e. The molecule has 0 radical (unpaired) electrons. The summed E-state index contributed by atoms with van der Waals surface area (Å²) in [5.74, 6) is 0.922. The molecular weight excluding hydrogens is 234 g/mol. The maximum atomic E-state index is 6.13. The van der Waals surface area contributed by atoms with Crippen molar-refractivity contribution < 1.29 is 4.74 Å². The van der Waals surface area contributed by atoms with E-state index in [9.17, 15) is 0 Å². The summed E-state index contributed by atoms with van der Waals surface area (Å²) in [6, 6.07) is 18.5. The zero-order valence-corrected chi connectivity index (χ0v) is 11.4. The lowest BCUT2D eigenvalue weighted by atomic mass is 10.0. The monoisotopic (exact) mass is 255 g/mol. The molecule has 2 aromatic carbocycles. The van der Waals surface area contributed by atoms with Gasteiger partial charge in [-0.05, 0) is 49.6 Å². The molecule has 100 valence electrons. The molecule has 0 spiro atoms. The van der Waals surface area contributed by atoms with Crippen LogP contribution in [0.25, 0.3) is 0 Å². The number of aryl methyl sites for hydroxylation is 1. The lowest BCUT2D eigenvalue weighted by Crippen LogP contribution is -2.10. The fourth-order valence-corrected chi connectivity index (χ4v) is 2.12. The third-order valence-electron chi connectivity index (χ3n) is 3.11. The van der Waals surface area contributed by atoms with E-state index in [-0.39, 0.29) is 6.10 Å². The number of ether oxygens (including phenoxy) is 1. The van der Waals surface area contributed by atoms with Crippen LogP contribution in [0.4, 0.5) is 0 Å². The molecule has 0 bridgehead atoms. The SMILES string of the molecule is Cc1cccc(OC(CCCN)c2ccccc2)c1. The van der Waals surface area contributed by atoms with E-state index in [4.69, 9.17) is 10.5 Å². The minimum atomic E-state index is 0.0755. The van der Waals surface area contributed by atoms with Crippen LogP contribution in [0, 0.1) is 6.92 Å². The Hall–Kier alpha value is -1.80. The van der Waals surface area contributed by atoms with Crippen molar-refractivity contribution in [3.05, 3.63) is 65.7 Å². The normalized spacial score (nSPS) is 12.1. The Morgan fingerprint density at radius 3 is 2.53 bits per heavy atom. The molecule has 0 aromatic heterocycles. The Morgan fingerprint density at radius 2 is 1.84 bits per heavy atom. The van der Waals surface area contributed by atoms with E-state index < -0.39 is 0 Å². The van der Waals surface area contributed by atoms with Crippen LogP contribution in [-0.4, -0.2) is 6.54 Å². The molecule has 2 heteroatoms. The molecule has 0 aliphatic carbocycles. The van der Waals surface area contributed by atoms with E-state index >= 15 is 0 Å². The van der Waals surface area contributed by atoms with Gasteiger partial charge in [-0.1, -0.05) is 42.5 Å². The first kappa shape index (κ1) is 13.6. The van der Waals surface area contributed by atoms with Crippen LogP contribution in [0.1, 0.15) is 30.1 Å². The summed E-state index contributed by atoms with van der Waals surface area (Å²) in [7, 11) is 0. The Kier molecular flexibility index (Phi) is 4.99. The summed E-state index contributed by atoms with van der Waals surface area (Å²) in [6.45, 7) is 2.77. The second kappa shape index (κ2) is 6.95. The second-order valence-electron chi connectivity index (χ2n) is 4.76. The molecule has 2 rings (SSSR count). The van der Waals surface area contributed by atoms with Gasteiger partial charge in [0, 0.05) is 0 Å². The first-order valence-corrected chi connectivity index (χ1v) is 6.78.